The number of aromatic nitrogens is 1. The maximum atomic E-state index is 12.5. The summed E-state index contributed by atoms with van der Waals surface area (Å²) >= 11 is 0. The monoisotopic (exact) mass is 341 g/mol. The van der Waals surface area contributed by atoms with Gasteiger partial charge < -0.3 is 9.88 Å². The topological polar surface area (TPSA) is 88.5 Å². The van der Waals surface area contributed by atoms with Crippen LogP contribution in [0.5, 0.6) is 0 Å². The van der Waals surface area contributed by atoms with Gasteiger partial charge in [0.15, 0.2) is 0 Å². The quantitative estimate of drug-likeness (QED) is 0.818. The van der Waals surface area contributed by atoms with Crippen LogP contribution in [0.3, 0.4) is 0 Å². The number of pyridine rings is 1. The molecule has 0 bridgehead atoms. The maximum absolute atomic E-state index is 12.5. The van der Waals surface area contributed by atoms with E-state index in [0.717, 1.165) is 23.8 Å². The van der Waals surface area contributed by atoms with Crippen LogP contribution in [0.15, 0.2) is 28.0 Å². The molecular formula is C15H23N3O4S. The fourth-order valence-electron chi connectivity index (χ4n) is 2.48. The number of amides is 1. The second-order valence-corrected chi connectivity index (χ2v) is 7.70. The maximum Gasteiger partial charge on any atom is 0.271 e. The lowest BCUT2D eigenvalue weighted by molar-refractivity contribution is -0.122. The van der Waals surface area contributed by atoms with Gasteiger partial charge in [-0.25, -0.2) is 8.42 Å². The van der Waals surface area contributed by atoms with E-state index in [0.29, 0.717) is 13.1 Å². The highest BCUT2D eigenvalue weighted by molar-refractivity contribution is 7.89. The molecular weight excluding hydrogens is 318 g/mol. The number of carbonyl (C=O) groups is 1. The van der Waals surface area contributed by atoms with E-state index in [4.69, 9.17) is 0 Å². The lowest BCUT2D eigenvalue weighted by Gasteiger charge is -2.16. The molecule has 0 radical (unpaired) electrons. The summed E-state index contributed by atoms with van der Waals surface area (Å²) in [4.78, 5) is 24.1. The zero-order chi connectivity index (χ0) is 17.0. The second kappa shape index (κ2) is 7.27. The average molecular weight is 341 g/mol. The number of nitrogens with one attached hydrogen (secondary N) is 1. The zero-order valence-electron chi connectivity index (χ0n) is 13.5. The van der Waals surface area contributed by atoms with Gasteiger partial charge in [0.25, 0.3) is 5.56 Å². The van der Waals surface area contributed by atoms with Crippen molar-refractivity contribution in [2.45, 2.75) is 50.6 Å². The van der Waals surface area contributed by atoms with Crippen molar-refractivity contribution < 1.29 is 13.2 Å². The van der Waals surface area contributed by atoms with Crippen molar-refractivity contribution in [3.8, 4) is 0 Å². The average Bonchev–Trinajstić information content (AvgIpc) is 3.04. The molecule has 1 amide bonds. The number of sulfonamides is 1. The Balaban J connectivity index is 2.25. The SMILES string of the molecule is CC[C@@H](C)NC(=O)Cn1cccc(S(=O)(=O)N2CCCC2)c1=O. The Morgan fingerprint density at radius 2 is 2.00 bits per heavy atom. The number of nitrogens with zero attached hydrogens (tertiary/aromatic N) is 2. The minimum atomic E-state index is -3.79. The van der Waals surface area contributed by atoms with Gasteiger partial charge in [-0.1, -0.05) is 6.92 Å². The van der Waals surface area contributed by atoms with Crippen molar-refractivity contribution in [1.29, 1.82) is 0 Å². The lowest BCUT2D eigenvalue weighted by Crippen LogP contribution is -2.39. The Kier molecular flexibility index (Phi) is 5.59. The van der Waals surface area contributed by atoms with Gasteiger partial charge in [0.2, 0.25) is 15.9 Å². The van der Waals surface area contributed by atoms with E-state index in [1.807, 2.05) is 13.8 Å². The third kappa shape index (κ3) is 4.00. The Bertz CT molecular complexity index is 720. The van der Waals surface area contributed by atoms with Gasteiger partial charge >= 0.3 is 0 Å². The molecule has 1 aromatic heterocycles. The Hall–Kier alpha value is -1.67. The first-order valence-corrected chi connectivity index (χ1v) is 9.29. The summed E-state index contributed by atoms with van der Waals surface area (Å²) in [6.45, 7) is 4.50. The van der Waals surface area contributed by atoms with E-state index in [-0.39, 0.29) is 23.4 Å². The fourth-order valence-corrected chi connectivity index (χ4v) is 4.09. The smallest absolute Gasteiger partial charge is 0.271 e. The summed E-state index contributed by atoms with van der Waals surface area (Å²) in [6, 6.07) is 2.80. The minimum Gasteiger partial charge on any atom is -0.352 e. The molecule has 0 aromatic carbocycles. The summed E-state index contributed by atoms with van der Waals surface area (Å²) in [6.07, 6.45) is 3.82. The van der Waals surface area contributed by atoms with Crippen LogP contribution in [0, 0.1) is 0 Å². The first-order chi connectivity index (χ1) is 10.9. The molecule has 128 valence electrons. The standard InChI is InChI=1S/C15H23N3O4S/c1-3-12(2)16-14(19)11-17-8-6-7-13(15(17)20)23(21,22)18-9-4-5-10-18/h6-8,12H,3-5,9-11H2,1-2H3,(H,16,19)/t12-/m1/s1. The van der Waals surface area contributed by atoms with Gasteiger partial charge in [-0.2, -0.15) is 4.31 Å². The number of hydrogen-bond donors (Lipinski definition) is 1. The highest BCUT2D eigenvalue weighted by atomic mass is 32.2. The molecule has 7 nitrogen and oxygen atoms in total. The Morgan fingerprint density at radius 1 is 1.35 bits per heavy atom. The zero-order valence-corrected chi connectivity index (χ0v) is 14.3. The normalized spacial score (nSPS) is 17.1. The van der Waals surface area contributed by atoms with Crippen molar-refractivity contribution in [2.24, 2.45) is 0 Å². The van der Waals surface area contributed by atoms with Crippen LogP contribution in [0.4, 0.5) is 0 Å². The largest absolute Gasteiger partial charge is 0.352 e. The van der Waals surface area contributed by atoms with Gasteiger partial charge in [0.1, 0.15) is 11.4 Å². The third-order valence-electron chi connectivity index (χ3n) is 4.00. The molecule has 0 saturated carbocycles. The second-order valence-electron chi connectivity index (χ2n) is 5.79. The fraction of sp³-hybridized carbons (Fsp3) is 0.600. The van der Waals surface area contributed by atoms with E-state index in [9.17, 15) is 18.0 Å². The lowest BCUT2D eigenvalue weighted by atomic mass is 10.2. The van der Waals surface area contributed by atoms with Crippen LogP contribution in [0.2, 0.25) is 0 Å². The molecule has 1 saturated heterocycles. The first-order valence-electron chi connectivity index (χ1n) is 7.85. The van der Waals surface area contributed by atoms with Gasteiger partial charge in [-0.3, -0.25) is 9.59 Å². The van der Waals surface area contributed by atoms with Crippen LogP contribution >= 0.6 is 0 Å². The molecule has 0 unspecified atom stereocenters. The summed E-state index contributed by atoms with van der Waals surface area (Å²) in [7, 11) is -3.79. The molecule has 1 fully saturated rings. The van der Waals surface area contributed by atoms with Crippen molar-refractivity contribution >= 4 is 15.9 Å². The molecule has 23 heavy (non-hydrogen) atoms. The van der Waals surface area contributed by atoms with Crippen LogP contribution in [-0.4, -0.2) is 42.3 Å². The number of carbonyl (C=O) groups excluding carboxylic acids is 1. The molecule has 2 rings (SSSR count). The third-order valence-corrected chi connectivity index (χ3v) is 5.91. The highest BCUT2D eigenvalue weighted by Crippen LogP contribution is 2.18. The van der Waals surface area contributed by atoms with Gasteiger partial charge in [-0.05, 0) is 38.3 Å². The van der Waals surface area contributed by atoms with E-state index >= 15 is 0 Å². The highest BCUT2D eigenvalue weighted by Gasteiger charge is 2.29. The molecule has 0 spiro atoms. The summed E-state index contributed by atoms with van der Waals surface area (Å²) < 4.78 is 27.5. The molecule has 1 atom stereocenters. The molecule has 0 aliphatic carbocycles. The molecule has 1 aliphatic rings. The van der Waals surface area contributed by atoms with Crippen LogP contribution in [0.1, 0.15) is 33.1 Å². The van der Waals surface area contributed by atoms with Gasteiger partial charge in [0.05, 0.1) is 0 Å². The van der Waals surface area contributed by atoms with Crippen molar-refractivity contribution in [1.82, 2.24) is 14.2 Å². The Labute approximate surface area is 136 Å². The first kappa shape index (κ1) is 17.7. The van der Waals surface area contributed by atoms with Crippen LogP contribution in [-0.2, 0) is 21.4 Å². The van der Waals surface area contributed by atoms with Gasteiger partial charge in [-0.15, -0.1) is 0 Å². The van der Waals surface area contributed by atoms with Crippen molar-refractivity contribution in [2.75, 3.05) is 13.1 Å². The predicted molar refractivity (Wildman–Crippen MR) is 86.6 cm³/mol. The summed E-state index contributed by atoms with van der Waals surface area (Å²) in [5.74, 6) is -0.308. The number of hydrogen-bond acceptors (Lipinski definition) is 4. The van der Waals surface area contributed by atoms with Crippen molar-refractivity contribution in [3.63, 3.8) is 0 Å². The minimum absolute atomic E-state index is 0.00900. The van der Waals surface area contributed by atoms with E-state index in [1.54, 1.807) is 0 Å². The number of rotatable bonds is 6. The van der Waals surface area contributed by atoms with Crippen molar-refractivity contribution in [3.05, 3.63) is 28.7 Å². The van der Waals surface area contributed by atoms with E-state index < -0.39 is 15.6 Å². The Morgan fingerprint density at radius 3 is 2.61 bits per heavy atom. The molecule has 1 aromatic rings. The molecule has 8 heteroatoms. The van der Waals surface area contributed by atoms with Gasteiger partial charge in [0, 0.05) is 25.3 Å². The van der Waals surface area contributed by atoms with E-state index in [1.165, 1.54) is 22.6 Å². The van der Waals surface area contributed by atoms with E-state index in [2.05, 4.69) is 5.32 Å². The van der Waals surface area contributed by atoms with Crippen LogP contribution < -0.4 is 10.9 Å². The molecule has 1 N–H and O–H groups in total. The molecule has 2 heterocycles. The predicted octanol–water partition coefficient (Wildman–Crippen LogP) is 0.548. The van der Waals surface area contributed by atoms with Crippen LogP contribution in [0.25, 0.3) is 0 Å². The molecule has 1 aliphatic heterocycles. The summed E-state index contributed by atoms with van der Waals surface area (Å²) in [5.41, 5.74) is -0.654. The summed E-state index contributed by atoms with van der Waals surface area (Å²) in [5, 5.41) is 2.76.